The van der Waals surface area contributed by atoms with Crippen LogP contribution < -0.4 is 10.1 Å². The molecule has 0 aliphatic heterocycles. The fraction of sp³-hybridized carbons (Fsp3) is 0.0769. The Balaban J connectivity index is 1.41. The number of carbonyl (C=O) groups is 1. The monoisotopic (exact) mass is 394 g/mol. The number of anilines is 1. The molecule has 4 heteroatoms. The highest BCUT2D eigenvalue weighted by atomic mass is 16.5. The van der Waals surface area contributed by atoms with Crippen LogP contribution in [0.25, 0.3) is 0 Å². The number of amides is 1. The van der Waals surface area contributed by atoms with Crippen molar-refractivity contribution in [1.82, 2.24) is 4.98 Å². The summed E-state index contributed by atoms with van der Waals surface area (Å²) >= 11 is 0. The molecule has 1 N–H and O–H groups in total. The molecular weight excluding hydrogens is 372 g/mol. The normalized spacial score (nSPS) is 10.4. The quantitative estimate of drug-likeness (QED) is 0.450. The molecule has 30 heavy (non-hydrogen) atoms. The number of carbonyl (C=O) groups excluding carboxylic acids is 1. The maximum atomic E-state index is 12.8. The molecule has 0 radical (unpaired) electrons. The van der Waals surface area contributed by atoms with Crippen molar-refractivity contribution in [2.45, 2.75) is 13.0 Å². The van der Waals surface area contributed by atoms with Crippen molar-refractivity contribution in [2.24, 2.45) is 0 Å². The third-order valence-electron chi connectivity index (χ3n) is 4.74. The second-order valence-corrected chi connectivity index (χ2v) is 6.95. The smallest absolute Gasteiger partial charge is 0.259 e. The van der Waals surface area contributed by atoms with E-state index in [1.165, 1.54) is 11.1 Å². The van der Waals surface area contributed by atoms with Crippen LogP contribution in [0.1, 0.15) is 27.0 Å². The van der Waals surface area contributed by atoms with Gasteiger partial charge in [0.25, 0.3) is 5.91 Å². The van der Waals surface area contributed by atoms with Crippen LogP contribution in [0.5, 0.6) is 5.75 Å². The van der Waals surface area contributed by atoms with E-state index < -0.39 is 0 Å². The lowest BCUT2D eigenvalue weighted by Crippen LogP contribution is -2.13. The molecule has 3 aromatic carbocycles. The molecule has 0 aliphatic rings. The molecule has 148 valence electrons. The first-order valence-electron chi connectivity index (χ1n) is 9.83. The Hall–Kier alpha value is -3.92. The summed E-state index contributed by atoms with van der Waals surface area (Å²) in [5.41, 5.74) is 4.68. The molecule has 0 saturated heterocycles. The van der Waals surface area contributed by atoms with E-state index >= 15 is 0 Å². The van der Waals surface area contributed by atoms with E-state index in [4.69, 9.17) is 4.74 Å². The summed E-state index contributed by atoms with van der Waals surface area (Å²) in [7, 11) is 0. The summed E-state index contributed by atoms with van der Waals surface area (Å²) in [5, 5.41) is 2.96. The number of ether oxygens (including phenoxy) is 1. The first-order chi connectivity index (χ1) is 14.8. The second-order valence-electron chi connectivity index (χ2n) is 6.95. The van der Waals surface area contributed by atoms with Gasteiger partial charge in [0.05, 0.1) is 5.56 Å². The van der Waals surface area contributed by atoms with Crippen LogP contribution in [-0.4, -0.2) is 10.9 Å². The molecule has 0 saturated carbocycles. The Morgan fingerprint density at radius 1 is 0.733 bits per heavy atom. The summed E-state index contributed by atoms with van der Waals surface area (Å²) in [6.07, 6.45) is 4.41. The second kappa shape index (κ2) is 9.52. The highest BCUT2D eigenvalue weighted by Gasteiger charge is 2.12. The van der Waals surface area contributed by atoms with Gasteiger partial charge < -0.3 is 10.1 Å². The molecule has 0 atom stereocenters. The number of hydrogen-bond donors (Lipinski definition) is 1. The van der Waals surface area contributed by atoms with Crippen LogP contribution in [-0.2, 0) is 13.0 Å². The summed E-state index contributed by atoms with van der Waals surface area (Å²) < 4.78 is 5.90. The van der Waals surface area contributed by atoms with Crippen LogP contribution in [0.15, 0.2) is 103 Å². The van der Waals surface area contributed by atoms with Crippen molar-refractivity contribution in [3.8, 4) is 5.75 Å². The lowest BCUT2D eigenvalue weighted by atomic mass is 10.1. The topological polar surface area (TPSA) is 51.2 Å². The maximum Gasteiger partial charge on any atom is 0.259 e. The van der Waals surface area contributed by atoms with Crippen molar-refractivity contribution in [3.05, 3.63) is 126 Å². The van der Waals surface area contributed by atoms with E-state index in [-0.39, 0.29) is 5.91 Å². The van der Waals surface area contributed by atoms with Gasteiger partial charge in [-0.1, -0.05) is 54.6 Å². The first-order valence-corrected chi connectivity index (χ1v) is 9.83. The number of aromatic nitrogens is 1. The standard InChI is InChI=1S/C26H22N2O2/c29-26(24-8-4-5-9-25(24)30-19-22-6-2-1-3-7-22)28-23-12-10-20(11-13-23)18-21-14-16-27-17-15-21/h1-17H,18-19H2,(H,28,29). The zero-order chi connectivity index (χ0) is 20.6. The zero-order valence-corrected chi connectivity index (χ0v) is 16.5. The van der Waals surface area contributed by atoms with Gasteiger partial charge in [-0.2, -0.15) is 0 Å². The van der Waals surface area contributed by atoms with Gasteiger partial charge in [-0.25, -0.2) is 0 Å². The Labute approximate surface area is 176 Å². The van der Waals surface area contributed by atoms with Gasteiger partial charge >= 0.3 is 0 Å². The SMILES string of the molecule is O=C(Nc1ccc(Cc2ccncc2)cc1)c1ccccc1OCc1ccccc1. The number of benzene rings is 3. The van der Waals surface area contributed by atoms with Crippen molar-refractivity contribution < 1.29 is 9.53 Å². The zero-order valence-electron chi connectivity index (χ0n) is 16.5. The average molecular weight is 394 g/mol. The van der Waals surface area contributed by atoms with E-state index in [1.807, 2.05) is 84.9 Å². The Bertz CT molecular complexity index is 1090. The van der Waals surface area contributed by atoms with Crippen LogP contribution in [0.2, 0.25) is 0 Å². The van der Waals surface area contributed by atoms with Gasteiger partial charge in [-0.3, -0.25) is 9.78 Å². The predicted octanol–water partition coefficient (Wildman–Crippen LogP) is 5.50. The summed E-state index contributed by atoms with van der Waals surface area (Å²) in [6.45, 7) is 0.412. The minimum absolute atomic E-state index is 0.194. The lowest BCUT2D eigenvalue weighted by molar-refractivity contribution is 0.102. The fourth-order valence-electron chi connectivity index (χ4n) is 3.16. The number of nitrogens with zero attached hydrogens (tertiary/aromatic N) is 1. The maximum absolute atomic E-state index is 12.8. The van der Waals surface area contributed by atoms with Gasteiger partial charge in [0.15, 0.2) is 0 Å². The number of nitrogens with one attached hydrogen (secondary N) is 1. The van der Waals surface area contributed by atoms with Crippen molar-refractivity contribution in [3.63, 3.8) is 0 Å². The molecule has 1 amide bonds. The Morgan fingerprint density at radius 2 is 1.40 bits per heavy atom. The molecule has 1 heterocycles. The van der Waals surface area contributed by atoms with Gasteiger partial charge in [0, 0.05) is 18.1 Å². The minimum atomic E-state index is -0.194. The third-order valence-corrected chi connectivity index (χ3v) is 4.74. The molecule has 4 aromatic rings. The molecule has 0 unspecified atom stereocenters. The van der Waals surface area contributed by atoms with Gasteiger partial charge in [0.2, 0.25) is 0 Å². The van der Waals surface area contributed by atoms with Crippen LogP contribution in [0, 0.1) is 0 Å². The fourth-order valence-corrected chi connectivity index (χ4v) is 3.16. The van der Waals surface area contributed by atoms with Gasteiger partial charge in [-0.05, 0) is 59.5 Å². The Kier molecular flexibility index (Phi) is 6.16. The van der Waals surface area contributed by atoms with Crippen LogP contribution >= 0.6 is 0 Å². The number of pyridine rings is 1. The molecular formula is C26H22N2O2. The molecule has 0 fully saturated rings. The van der Waals surface area contributed by atoms with Crippen molar-refractivity contribution in [1.29, 1.82) is 0 Å². The van der Waals surface area contributed by atoms with E-state index in [9.17, 15) is 4.79 Å². The molecule has 0 bridgehead atoms. The highest BCUT2D eigenvalue weighted by molar-refractivity contribution is 6.06. The van der Waals surface area contributed by atoms with Crippen molar-refractivity contribution in [2.75, 3.05) is 5.32 Å². The number of rotatable bonds is 7. The van der Waals surface area contributed by atoms with Crippen molar-refractivity contribution >= 4 is 11.6 Å². The largest absolute Gasteiger partial charge is 0.488 e. The van der Waals surface area contributed by atoms with Crippen LogP contribution in [0.3, 0.4) is 0 Å². The summed E-state index contributed by atoms with van der Waals surface area (Å²) in [4.78, 5) is 16.9. The number of hydrogen-bond acceptors (Lipinski definition) is 3. The molecule has 0 aliphatic carbocycles. The van der Waals surface area contributed by atoms with Crippen LogP contribution in [0.4, 0.5) is 5.69 Å². The van der Waals surface area contributed by atoms with E-state index in [0.29, 0.717) is 17.9 Å². The highest BCUT2D eigenvalue weighted by Crippen LogP contribution is 2.21. The van der Waals surface area contributed by atoms with E-state index in [1.54, 1.807) is 18.5 Å². The predicted molar refractivity (Wildman–Crippen MR) is 119 cm³/mol. The summed E-state index contributed by atoms with van der Waals surface area (Å²) in [6, 6.07) is 29.1. The first kappa shape index (κ1) is 19.4. The molecule has 1 aromatic heterocycles. The van der Waals surface area contributed by atoms with E-state index in [2.05, 4.69) is 10.3 Å². The average Bonchev–Trinajstić information content (AvgIpc) is 2.80. The molecule has 4 nitrogen and oxygen atoms in total. The molecule has 0 spiro atoms. The minimum Gasteiger partial charge on any atom is -0.488 e. The van der Waals surface area contributed by atoms with Gasteiger partial charge in [-0.15, -0.1) is 0 Å². The van der Waals surface area contributed by atoms with Gasteiger partial charge in [0.1, 0.15) is 12.4 Å². The number of para-hydroxylation sites is 1. The third kappa shape index (κ3) is 5.11. The summed E-state index contributed by atoms with van der Waals surface area (Å²) in [5.74, 6) is 0.369. The molecule has 4 rings (SSSR count). The Morgan fingerprint density at radius 3 is 2.17 bits per heavy atom. The van der Waals surface area contributed by atoms with E-state index in [0.717, 1.165) is 17.7 Å². The lowest BCUT2D eigenvalue weighted by Gasteiger charge is -2.12.